The minimum absolute atomic E-state index is 0.0212. The van der Waals surface area contributed by atoms with Gasteiger partial charge < -0.3 is 15.1 Å². The first-order valence-corrected chi connectivity index (χ1v) is 9.42. The second kappa shape index (κ2) is 8.34. The third kappa shape index (κ3) is 4.62. The monoisotopic (exact) mass is 357 g/mol. The Hall–Kier alpha value is -2.37. The molecule has 6 heteroatoms. The minimum atomic E-state index is -0.106. The molecule has 1 aliphatic heterocycles. The lowest BCUT2D eigenvalue weighted by molar-refractivity contribution is -0.138. The van der Waals surface area contributed by atoms with Gasteiger partial charge in [0.1, 0.15) is 0 Å². The normalized spacial score (nSPS) is 18.3. The lowest BCUT2D eigenvalue weighted by atomic mass is 9.93. The zero-order valence-electron chi connectivity index (χ0n) is 15.3. The second-order valence-electron chi connectivity index (χ2n) is 7.15. The van der Waals surface area contributed by atoms with Crippen molar-refractivity contribution in [3.05, 3.63) is 35.9 Å². The van der Waals surface area contributed by atoms with Gasteiger partial charge in [0.2, 0.25) is 17.7 Å². The summed E-state index contributed by atoms with van der Waals surface area (Å²) in [6.07, 6.45) is 2.48. The first kappa shape index (κ1) is 18.4. The third-order valence-corrected chi connectivity index (χ3v) is 5.25. The van der Waals surface area contributed by atoms with Crippen LogP contribution in [0.25, 0.3) is 0 Å². The molecule has 2 fully saturated rings. The molecule has 2 aliphatic rings. The molecule has 0 radical (unpaired) electrons. The Morgan fingerprint density at radius 2 is 1.65 bits per heavy atom. The third-order valence-electron chi connectivity index (χ3n) is 5.25. The predicted octanol–water partition coefficient (Wildman–Crippen LogP) is 1.38. The van der Waals surface area contributed by atoms with E-state index in [9.17, 15) is 14.4 Å². The number of carbonyl (C=O) groups is 3. The number of carbonyl (C=O) groups excluding carboxylic acids is 3. The van der Waals surface area contributed by atoms with Gasteiger partial charge in [0, 0.05) is 46.1 Å². The van der Waals surface area contributed by atoms with Crippen molar-refractivity contribution >= 4 is 17.7 Å². The SMILES string of the molecule is CC(=O)N1CCN(C(=O)CCNC(=O)C(c2ccccc2)C2CC2)CC1. The van der Waals surface area contributed by atoms with Crippen molar-refractivity contribution < 1.29 is 14.4 Å². The van der Waals surface area contributed by atoms with Gasteiger partial charge >= 0.3 is 0 Å². The summed E-state index contributed by atoms with van der Waals surface area (Å²) >= 11 is 0. The van der Waals surface area contributed by atoms with E-state index in [0.717, 1.165) is 18.4 Å². The van der Waals surface area contributed by atoms with Gasteiger partial charge in [0.25, 0.3) is 0 Å². The van der Waals surface area contributed by atoms with Crippen LogP contribution >= 0.6 is 0 Å². The van der Waals surface area contributed by atoms with E-state index >= 15 is 0 Å². The molecule has 1 aromatic carbocycles. The van der Waals surface area contributed by atoms with Crippen LogP contribution in [0.15, 0.2) is 30.3 Å². The van der Waals surface area contributed by atoms with Crippen LogP contribution < -0.4 is 5.32 Å². The van der Waals surface area contributed by atoms with E-state index in [0.29, 0.717) is 45.1 Å². The molecule has 1 aliphatic carbocycles. The molecule has 3 amide bonds. The van der Waals surface area contributed by atoms with Crippen LogP contribution in [0.5, 0.6) is 0 Å². The summed E-state index contributed by atoms with van der Waals surface area (Å²) in [7, 11) is 0. The lowest BCUT2D eigenvalue weighted by Gasteiger charge is -2.34. The molecule has 1 heterocycles. The summed E-state index contributed by atoms with van der Waals surface area (Å²) in [5.41, 5.74) is 1.05. The number of amides is 3. The molecule has 0 aromatic heterocycles. The quantitative estimate of drug-likeness (QED) is 0.836. The van der Waals surface area contributed by atoms with Crippen LogP contribution in [0.1, 0.15) is 37.7 Å². The minimum Gasteiger partial charge on any atom is -0.355 e. The first-order valence-electron chi connectivity index (χ1n) is 9.42. The standard InChI is InChI=1S/C20H27N3O3/c1-15(24)22-11-13-23(14-12-22)18(25)9-10-21-20(26)19(17-7-8-17)16-5-3-2-4-6-16/h2-6,17,19H,7-14H2,1H3,(H,21,26). The van der Waals surface area contributed by atoms with Gasteiger partial charge in [0.05, 0.1) is 5.92 Å². The molecule has 1 unspecified atom stereocenters. The number of rotatable bonds is 6. The molecule has 1 atom stereocenters. The van der Waals surface area contributed by atoms with Gasteiger partial charge in [-0.1, -0.05) is 30.3 Å². The predicted molar refractivity (Wildman–Crippen MR) is 98.4 cm³/mol. The summed E-state index contributed by atoms with van der Waals surface area (Å²) in [5, 5.41) is 2.95. The lowest BCUT2D eigenvalue weighted by Crippen LogP contribution is -2.50. The van der Waals surface area contributed by atoms with Crippen molar-refractivity contribution in [3.8, 4) is 0 Å². The number of nitrogens with zero attached hydrogens (tertiary/aromatic N) is 2. The van der Waals surface area contributed by atoms with Crippen LogP contribution in [-0.4, -0.2) is 60.2 Å². The zero-order valence-corrected chi connectivity index (χ0v) is 15.3. The highest BCUT2D eigenvalue weighted by molar-refractivity contribution is 5.85. The van der Waals surface area contributed by atoms with Gasteiger partial charge in [-0.3, -0.25) is 14.4 Å². The largest absolute Gasteiger partial charge is 0.355 e. The molecular weight excluding hydrogens is 330 g/mol. The van der Waals surface area contributed by atoms with E-state index in [-0.39, 0.29) is 23.6 Å². The average Bonchev–Trinajstić information content (AvgIpc) is 3.47. The van der Waals surface area contributed by atoms with Gasteiger partial charge in [-0.15, -0.1) is 0 Å². The average molecular weight is 357 g/mol. The van der Waals surface area contributed by atoms with E-state index < -0.39 is 0 Å². The van der Waals surface area contributed by atoms with E-state index in [1.54, 1.807) is 16.7 Å². The molecule has 0 spiro atoms. The van der Waals surface area contributed by atoms with Crippen molar-refractivity contribution in [2.24, 2.45) is 5.92 Å². The van der Waals surface area contributed by atoms with Crippen LogP contribution in [0.2, 0.25) is 0 Å². The maximum absolute atomic E-state index is 12.6. The first-order chi connectivity index (χ1) is 12.6. The van der Waals surface area contributed by atoms with Crippen molar-refractivity contribution in [3.63, 3.8) is 0 Å². The maximum atomic E-state index is 12.6. The summed E-state index contributed by atoms with van der Waals surface area (Å²) in [6, 6.07) is 9.88. The van der Waals surface area contributed by atoms with Crippen molar-refractivity contribution in [2.45, 2.75) is 32.1 Å². The fraction of sp³-hybridized carbons (Fsp3) is 0.550. The van der Waals surface area contributed by atoms with Crippen LogP contribution in [0, 0.1) is 5.92 Å². The number of nitrogens with one attached hydrogen (secondary N) is 1. The number of hydrogen-bond donors (Lipinski definition) is 1. The molecule has 6 nitrogen and oxygen atoms in total. The fourth-order valence-electron chi connectivity index (χ4n) is 3.56. The molecule has 1 saturated carbocycles. The highest BCUT2D eigenvalue weighted by Crippen LogP contribution is 2.42. The zero-order chi connectivity index (χ0) is 18.5. The number of benzene rings is 1. The van der Waals surface area contributed by atoms with E-state index in [2.05, 4.69) is 5.32 Å². The number of hydrogen-bond acceptors (Lipinski definition) is 3. The maximum Gasteiger partial charge on any atom is 0.227 e. The molecular formula is C20H27N3O3. The summed E-state index contributed by atoms with van der Waals surface area (Å²) in [4.78, 5) is 39.8. The highest BCUT2D eigenvalue weighted by atomic mass is 16.2. The van der Waals surface area contributed by atoms with Crippen molar-refractivity contribution in [1.29, 1.82) is 0 Å². The Labute approximate surface area is 154 Å². The molecule has 0 bridgehead atoms. The highest BCUT2D eigenvalue weighted by Gasteiger charge is 2.37. The van der Waals surface area contributed by atoms with E-state index in [4.69, 9.17) is 0 Å². The van der Waals surface area contributed by atoms with Gasteiger partial charge in [-0.2, -0.15) is 0 Å². The summed E-state index contributed by atoms with van der Waals surface area (Å²) in [6.45, 7) is 4.23. The molecule has 1 N–H and O–H groups in total. The van der Waals surface area contributed by atoms with Gasteiger partial charge in [-0.05, 0) is 24.3 Å². The van der Waals surface area contributed by atoms with Crippen LogP contribution in [0.4, 0.5) is 0 Å². The number of piperazine rings is 1. The Balaban J connectivity index is 1.44. The Morgan fingerprint density at radius 1 is 1.04 bits per heavy atom. The Morgan fingerprint density at radius 3 is 2.23 bits per heavy atom. The molecule has 1 aromatic rings. The topological polar surface area (TPSA) is 69.7 Å². The van der Waals surface area contributed by atoms with E-state index in [1.165, 1.54) is 0 Å². The second-order valence-corrected chi connectivity index (χ2v) is 7.15. The molecule has 3 rings (SSSR count). The summed E-state index contributed by atoms with van der Waals surface area (Å²) in [5.74, 6) is 0.429. The Bertz CT molecular complexity index is 650. The van der Waals surface area contributed by atoms with E-state index in [1.807, 2.05) is 30.3 Å². The van der Waals surface area contributed by atoms with Gasteiger partial charge in [-0.25, -0.2) is 0 Å². The fourth-order valence-corrected chi connectivity index (χ4v) is 3.56. The molecule has 26 heavy (non-hydrogen) atoms. The molecule has 140 valence electrons. The molecule has 1 saturated heterocycles. The van der Waals surface area contributed by atoms with Gasteiger partial charge in [0.15, 0.2) is 0 Å². The van der Waals surface area contributed by atoms with Crippen LogP contribution in [-0.2, 0) is 14.4 Å². The van der Waals surface area contributed by atoms with Crippen molar-refractivity contribution in [1.82, 2.24) is 15.1 Å². The summed E-state index contributed by atoms with van der Waals surface area (Å²) < 4.78 is 0. The van der Waals surface area contributed by atoms with Crippen LogP contribution in [0.3, 0.4) is 0 Å². The smallest absolute Gasteiger partial charge is 0.227 e. The Kier molecular flexibility index (Phi) is 5.91. The van der Waals surface area contributed by atoms with Crippen molar-refractivity contribution in [2.75, 3.05) is 32.7 Å².